The van der Waals surface area contributed by atoms with Crippen molar-refractivity contribution >= 4 is 17.3 Å². The zero-order chi connectivity index (χ0) is 6.15. The van der Waals surface area contributed by atoms with E-state index in [4.69, 9.17) is 5.21 Å². The van der Waals surface area contributed by atoms with E-state index in [9.17, 15) is 5.21 Å². The summed E-state index contributed by atoms with van der Waals surface area (Å²) < 4.78 is 0. The molecule has 0 bridgehead atoms. The lowest BCUT2D eigenvalue weighted by atomic mass is 11.0. The number of nitrogens with zero attached hydrogens (tertiary/aromatic N) is 1. The molecular formula is C3H4N2O2S. The molecule has 1 aliphatic rings. The number of hydrogen-bond donors (Lipinski definition) is 2. The van der Waals surface area contributed by atoms with Gasteiger partial charge in [0, 0.05) is 12.2 Å². The number of rotatable bonds is 0. The van der Waals surface area contributed by atoms with Crippen LogP contribution in [0.4, 0.5) is 0 Å². The number of hydrogen-bond acceptors (Lipinski definition) is 3. The highest BCUT2D eigenvalue weighted by atomic mass is 32.1. The van der Waals surface area contributed by atoms with Crippen molar-refractivity contribution in [3.05, 3.63) is 17.6 Å². The van der Waals surface area contributed by atoms with E-state index in [1.54, 1.807) is 0 Å². The maximum absolute atomic E-state index is 10.4. The molecular weight excluding hydrogens is 128 g/mol. The van der Waals surface area contributed by atoms with Crippen LogP contribution >= 0.6 is 12.2 Å². The highest BCUT2D eigenvalue weighted by Gasteiger charge is 2.15. The van der Waals surface area contributed by atoms with Crippen molar-refractivity contribution in [3.63, 3.8) is 0 Å². The molecule has 0 fully saturated rings. The molecule has 8 heavy (non-hydrogen) atoms. The van der Waals surface area contributed by atoms with Crippen LogP contribution in [0.25, 0.3) is 0 Å². The van der Waals surface area contributed by atoms with Gasteiger partial charge in [0.15, 0.2) is 0 Å². The van der Waals surface area contributed by atoms with Gasteiger partial charge in [-0.3, -0.25) is 10.3 Å². The van der Waals surface area contributed by atoms with Crippen LogP contribution in [0.1, 0.15) is 0 Å². The highest BCUT2D eigenvalue weighted by molar-refractivity contribution is 7.79. The van der Waals surface area contributed by atoms with Gasteiger partial charge in [0.05, 0.1) is 6.20 Å². The Morgan fingerprint density at radius 1 is 1.88 bits per heavy atom. The predicted molar refractivity (Wildman–Crippen MR) is 29.7 cm³/mol. The molecule has 1 heterocycles. The van der Waals surface area contributed by atoms with Gasteiger partial charge in [0.25, 0.3) is 0 Å². The lowest BCUT2D eigenvalue weighted by Gasteiger charge is -2.11. The van der Waals surface area contributed by atoms with E-state index in [1.807, 2.05) is 0 Å². The summed E-state index contributed by atoms with van der Waals surface area (Å²) >= 11 is 4.43. The lowest BCUT2D eigenvalue weighted by Crippen LogP contribution is -3.04. The molecule has 44 valence electrons. The smallest absolute Gasteiger partial charge is 0.303 e. The highest BCUT2D eigenvalue weighted by Crippen LogP contribution is 1.85. The van der Waals surface area contributed by atoms with E-state index in [2.05, 4.69) is 12.2 Å². The SMILES string of the molecule is [O-][NH+]1C=CN(O)C1=S. The van der Waals surface area contributed by atoms with Crippen molar-refractivity contribution in [3.8, 4) is 0 Å². The molecule has 5 heteroatoms. The number of quaternary nitrogens is 1. The molecule has 0 aliphatic carbocycles. The standard InChI is InChI=1S/C3H4N2O2S/c6-4-1-2-5(7)3(4)8/h1-2,4,7H. The second-order valence-corrected chi connectivity index (χ2v) is 1.72. The van der Waals surface area contributed by atoms with Gasteiger partial charge < -0.3 is 5.21 Å². The Morgan fingerprint density at radius 2 is 2.50 bits per heavy atom. The summed E-state index contributed by atoms with van der Waals surface area (Å²) in [7, 11) is 0. The van der Waals surface area contributed by atoms with Gasteiger partial charge in [-0.2, -0.15) is 5.06 Å². The third kappa shape index (κ3) is 0.716. The second-order valence-electron chi connectivity index (χ2n) is 1.33. The van der Waals surface area contributed by atoms with Gasteiger partial charge in [-0.1, -0.05) is 0 Å². The van der Waals surface area contributed by atoms with Crippen LogP contribution in [0.3, 0.4) is 0 Å². The maximum atomic E-state index is 10.4. The molecule has 1 unspecified atom stereocenters. The van der Waals surface area contributed by atoms with E-state index < -0.39 is 0 Å². The maximum Gasteiger partial charge on any atom is 0.303 e. The van der Waals surface area contributed by atoms with Crippen molar-refractivity contribution in [2.45, 2.75) is 0 Å². The second kappa shape index (κ2) is 1.79. The predicted octanol–water partition coefficient (Wildman–Crippen LogP) is -1.17. The Kier molecular flexibility index (Phi) is 1.26. The first-order valence-corrected chi connectivity index (χ1v) is 2.37. The largest absolute Gasteiger partial charge is 0.622 e. The Morgan fingerprint density at radius 3 is 2.62 bits per heavy atom. The fraction of sp³-hybridized carbons (Fsp3) is 0. The molecule has 0 saturated carbocycles. The average Bonchev–Trinajstić information content (AvgIpc) is 1.98. The van der Waals surface area contributed by atoms with E-state index in [0.717, 1.165) is 0 Å². The van der Waals surface area contributed by atoms with Crippen molar-refractivity contribution in [1.29, 1.82) is 0 Å². The van der Waals surface area contributed by atoms with Crippen LogP contribution in [-0.2, 0) is 0 Å². The van der Waals surface area contributed by atoms with Crippen LogP contribution in [0.15, 0.2) is 12.4 Å². The molecule has 0 amide bonds. The molecule has 1 rings (SSSR count). The molecule has 0 radical (unpaired) electrons. The minimum atomic E-state index is -0.317. The van der Waals surface area contributed by atoms with Crippen molar-refractivity contribution in [2.75, 3.05) is 0 Å². The van der Waals surface area contributed by atoms with Crippen LogP contribution in [-0.4, -0.2) is 15.4 Å². The first-order chi connectivity index (χ1) is 3.72. The van der Waals surface area contributed by atoms with Crippen molar-refractivity contribution in [1.82, 2.24) is 5.06 Å². The van der Waals surface area contributed by atoms with Gasteiger partial charge in [-0.15, -0.1) is 0 Å². The zero-order valence-electron chi connectivity index (χ0n) is 3.87. The Hall–Kier alpha value is -0.490. The van der Waals surface area contributed by atoms with Crippen LogP contribution in [0.5, 0.6) is 0 Å². The monoisotopic (exact) mass is 132 g/mol. The molecule has 0 aromatic heterocycles. The summed E-state index contributed by atoms with van der Waals surface area (Å²) in [5, 5.41) is 19.1. The van der Waals surface area contributed by atoms with Crippen LogP contribution in [0.2, 0.25) is 0 Å². The van der Waals surface area contributed by atoms with E-state index in [1.165, 1.54) is 12.4 Å². The average molecular weight is 132 g/mol. The first-order valence-electron chi connectivity index (χ1n) is 1.96. The van der Waals surface area contributed by atoms with Gasteiger partial charge in [-0.05, 0) is 0 Å². The minimum Gasteiger partial charge on any atom is -0.622 e. The summed E-state index contributed by atoms with van der Waals surface area (Å²) in [5.74, 6) is 0. The number of thiocarbonyl (C=S) groups is 1. The number of nitrogens with one attached hydrogen (secondary N) is 1. The quantitative estimate of drug-likeness (QED) is 0.322. The summed E-state index contributed by atoms with van der Waals surface area (Å²) in [6.07, 6.45) is 2.42. The molecule has 0 aromatic rings. The van der Waals surface area contributed by atoms with Gasteiger partial charge in [-0.25, -0.2) is 0 Å². The molecule has 0 aromatic carbocycles. The Balaban J connectivity index is 2.70. The normalized spacial score (nSPS) is 27.5. The summed E-state index contributed by atoms with van der Waals surface area (Å²) in [6, 6.07) is 0. The fourth-order valence-corrected chi connectivity index (χ4v) is 0.519. The molecule has 0 spiro atoms. The summed E-state index contributed by atoms with van der Waals surface area (Å²) in [5.41, 5.74) is 0. The van der Waals surface area contributed by atoms with Crippen molar-refractivity contribution in [2.24, 2.45) is 0 Å². The van der Waals surface area contributed by atoms with Gasteiger partial charge in [0.2, 0.25) is 0 Å². The van der Waals surface area contributed by atoms with E-state index in [-0.39, 0.29) is 10.2 Å². The van der Waals surface area contributed by atoms with Gasteiger partial charge in [0.1, 0.15) is 6.20 Å². The Labute approximate surface area is 51.1 Å². The van der Waals surface area contributed by atoms with E-state index >= 15 is 0 Å². The third-order valence-electron chi connectivity index (χ3n) is 0.786. The summed E-state index contributed by atoms with van der Waals surface area (Å²) in [4.78, 5) is 0. The first kappa shape index (κ1) is 5.64. The third-order valence-corrected chi connectivity index (χ3v) is 1.17. The molecule has 4 nitrogen and oxygen atoms in total. The zero-order valence-corrected chi connectivity index (χ0v) is 4.68. The lowest BCUT2D eigenvalue weighted by molar-refractivity contribution is -0.682. The molecule has 1 atom stereocenters. The van der Waals surface area contributed by atoms with E-state index in [0.29, 0.717) is 5.06 Å². The topological polar surface area (TPSA) is 51.0 Å². The van der Waals surface area contributed by atoms with Crippen molar-refractivity contribution < 1.29 is 10.3 Å². The minimum absolute atomic E-state index is 0.0648. The summed E-state index contributed by atoms with van der Waals surface area (Å²) in [6.45, 7) is 0. The fourth-order valence-electron chi connectivity index (χ4n) is 0.390. The molecule has 0 saturated heterocycles. The molecule has 2 N–H and O–H groups in total. The van der Waals surface area contributed by atoms with Crippen LogP contribution in [0, 0.1) is 5.21 Å². The Bertz CT molecular complexity index is 132. The molecule has 1 aliphatic heterocycles. The number of hydroxylamine groups is 4. The van der Waals surface area contributed by atoms with Gasteiger partial charge >= 0.3 is 5.11 Å². The van der Waals surface area contributed by atoms with Crippen LogP contribution < -0.4 is 5.06 Å².